The molecule has 1 heterocycles. The molecule has 0 saturated heterocycles. The number of aromatic hydroxyl groups is 1. The van der Waals surface area contributed by atoms with Crippen LogP contribution in [-0.4, -0.2) is 21.0 Å². The Morgan fingerprint density at radius 2 is 2.36 bits per heavy atom. The van der Waals surface area contributed by atoms with E-state index >= 15 is 0 Å². The fraction of sp³-hybridized carbons (Fsp3) is 0.444. The molecule has 5 heteroatoms. The Kier molecular flexibility index (Phi) is 3.39. The molecule has 1 N–H and O–H groups in total. The molecule has 0 fully saturated rings. The molecule has 0 unspecified atom stereocenters. The lowest BCUT2D eigenvalue weighted by Gasteiger charge is -2.03. The van der Waals surface area contributed by atoms with Crippen LogP contribution in [0.3, 0.4) is 0 Å². The topological polar surface area (TPSA) is 72.3 Å². The van der Waals surface area contributed by atoms with Gasteiger partial charge in [-0.05, 0) is 6.42 Å². The molecule has 0 spiro atoms. The Morgan fingerprint density at radius 1 is 1.64 bits per heavy atom. The summed E-state index contributed by atoms with van der Waals surface area (Å²) in [5.41, 5.74) is 0. The third-order valence-corrected chi connectivity index (χ3v) is 1.51. The van der Waals surface area contributed by atoms with Crippen LogP contribution in [0.25, 0.3) is 0 Å². The fourth-order valence-electron chi connectivity index (χ4n) is 0.968. The van der Waals surface area contributed by atoms with E-state index in [0.29, 0.717) is 12.2 Å². The number of aromatic nitrogens is 2. The molecular formula is C9H12N2O3. The van der Waals surface area contributed by atoms with Gasteiger partial charge in [0.2, 0.25) is 5.75 Å². The Labute approximate surface area is 81.8 Å². The monoisotopic (exact) mass is 196 g/mol. The lowest BCUT2D eigenvalue weighted by molar-refractivity contribution is -0.132. The van der Waals surface area contributed by atoms with Crippen LogP contribution in [0.1, 0.15) is 26.1 Å². The van der Waals surface area contributed by atoms with Crippen LogP contribution < -0.4 is 4.74 Å². The molecule has 0 amide bonds. The molecule has 1 rings (SSSR count). The van der Waals surface area contributed by atoms with E-state index < -0.39 is 5.97 Å². The van der Waals surface area contributed by atoms with Crippen molar-refractivity contribution in [3.05, 3.63) is 12.0 Å². The quantitative estimate of drug-likeness (QED) is 0.732. The minimum absolute atomic E-state index is 0.00245. The van der Waals surface area contributed by atoms with Crippen molar-refractivity contribution < 1.29 is 14.6 Å². The zero-order valence-electron chi connectivity index (χ0n) is 8.15. The molecule has 0 radical (unpaired) electrons. The van der Waals surface area contributed by atoms with Crippen LogP contribution in [-0.2, 0) is 11.2 Å². The number of rotatable bonds is 3. The summed E-state index contributed by atoms with van der Waals surface area (Å²) in [5.74, 6) is -0.260. The molecule has 1 aromatic rings. The van der Waals surface area contributed by atoms with Gasteiger partial charge < -0.3 is 9.84 Å². The number of esters is 1. The van der Waals surface area contributed by atoms with Crippen molar-refractivity contribution in [1.82, 2.24) is 9.97 Å². The molecule has 0 aromatic carbocycles. The third-order valence-electron chi connectivity index (χ3n) is 1.51. The van der Waals surface area contributed by atoms with Crippen molar-refractivity contribution in [2.45, 2.75) is 26.7 Å². The Bertz CT molecular complexity index is 339. The van der Waals surface area contributed by atoms with Crippen molar-refractivity contribution in [2.75, 3.05) is 0 Å². The minimum atomic E-state index is -0.507. The van der Waals surface area contributed by atoms with Crippen LogP contribution in [0, 0.1) is 0 Å². The second-order valence-corrected chi connectivity index (χ2v) is 2.82. The van der Waals surface area contributed by atoms with E-state index in [1.165, 1.54) is 13.1 Å². The van der Waals surface area contributed by atoms with E-state index in [2.05, 4.69) is 14.7 Å². The predicted molar refractivity (Wildman–Crippen MR) is 49.0 cm³/mol. The first-order chi connectivity index (χ1) is 6.63. The second kappa shape index (κ2) is 4.55. The second-order valence-electron chi connectivity index (χ2n) is 2.82. The Morgan fingerprint density at radius 3 is 2.86 bits per heavy atom. The first-order valence-corrected chi connectivity index (χ1v) is 4.36. The smallest absolute Gasteiger partial charge is 0.308 e. The van der Waals surface area contributed by atoms with Crippen LogP contribution >= 0.6 is 0 Å². The van der Waals surface area contributed by atoms with Gasteiger partial charge in [-0.3, -0.25) is 4.79 Å². The lowest BCUT2D eigenvalue weighted by atomic mass is 10.3. The number of ether oxygens (including phenoxy) is 1. The molecule has 0 aliphatic heterocycles. The number of nitrogens with zero attached hydrogens (tertiary/aromatic N) is 2. The highest BCUT2D eigenvalue weighted by Crippen LogP contribution is 2.21. The van der Waals surface area contributed by atoms with Gasteiger partial charge in [-0.1, -0.05) is 6.92 Å². The van der Waals surface area contributed by atoms with Crippen molar-refractivity contribution in [3.63, 3.8) is 0 Å². The van der Waals surface area contributed by atoms with Gasteiger partial charge in [-0.25, -0.2) is 4.98 Å². The molecule has 0 aliphatic rings. The highest BCUT2D eigenvalue weighted by Gasteiger charge is 2.08. The minimum Gasteiger partial charge on any atom is -0.491 e. The number of aryl methyl sites for hydroxylation is 1. The number of carbonyl (C=O) groups is 1. The largest absolute Gasteiger partial charge is 0.491 e. The van der Waals surface area contributed by atoms with E-state index in [0.717, 1.165) is 6.42 Å². The molecule has 0 saturated carbocycles. The van der Waals surface area contributed by atoms with Gasteiger partial charge in [0.1, 0.15) is 5.82 Å². The average Bonchev–Trinajstić information content (AvgIpc) is 2.10. The first kappa shape index (κ1) is 10.4. The van der Waals surface area contributed by atoms with Gasteiger partial charge in [-0.15, -0.1) is 0 Å². The van der Waals surface area contributed by atoms with Crippen LogP contribution in [0.4, 0.5) is 0 Å². The summed E-state index contributed by atoms with van der Waals surface area (Å²) in [7, 11) is 0. The van der Waals surface area contributed by atoms with Crippen molar-refractivity contribution in [3.8, 4) is 11.6 Å². The molecule has 0 bridgehead atoms. The van der Waals surface area contributed by atoms with E-state index in [-0.39, 0.29) is 11.6 Å². The summed E-state index contributed by atoms with van der Waals surface area (Å²) in [4.78, 5) is 18.3. The van der Waals surface area contributed by atoms with Crippen molar-refractivity contribution in [2.24, 2.45) is 0 Å². The van der Waals surface area contributed by atoms with Crippen LogP contribution in [0.5, 0.6) is 11.6 Å². The molecule has 1 aromatic heterocycles. The fourth-order valence-corrected chi connectivity index (χ4v) is 0.968. The first-order valence-electron chi connectivity index (χ1n) is 4.36. The summed E-state index contributed by atoms with van der Waals surface area (Å²) in [6.07, 6.45) is 2.88. The zero-order valence-corrected chi connectivity index (χ0v) is 8.15. The lowest BCUT2D eigenvalue weighted by Crippen LogP contribution is -2.04. The number of hydrogen-bond donors (Lipinski definition) is 1. The van der Waals surface area contributed by atoms with E-state index in [1.54, 1.807) is 0 Å². The van der Waals surface area contributed by atoms with Crippen molar-refractivity contribution >= 4 is 5.97 Å². The van der Waals surface area contributed by atoms with Gasteiger partial charge in [0, 0.05) is 13.3 Å². The van der Waals surface area contributed by atoms with Crippen molar-refractivity contribution in [1.29, 1.82) is 0 Å². The Hall–Kier alpha value is -1.65. The van der Waals surface area contributed by atoms with Gasteiger partial charge >= 0.3 is 5.97 Å². The van der Waals surface area contributed by atoms with E-state index in [1.807, 2.05) is 6.92 Å². The molecule has 5 nitrogen and oxygen atoms in total. The summed E-state index contributed by atoms with van der Waals surface area (Å²) >= 11 is 0. The molecule has 76 valence electrons. The van der Waals surface area contributed by atoms with Crippen LogP contribution in [0.2, 0.25) is 0 Å². The van der Waals surface area contributed by atoms with Gasteiger partial charge in [-0.2, -0.15) is 4.98 Å². The SMILES string of the molecule is CCCc1ncc(OC(C)=O)c(O)n1. The average molecular weight is 196 g/mol. The molecule has 14 heavy (non-hydrogen) atoms. The molecular weight excluding hydrogens is 184 g/mol. The molecule has 0 aliphatic carbocycles. The highest BCUT2D eigenvalue weighted by molar-refractivity contribution is 5.69. The van der Waals surface area contributed by atoms with Gasteiger partial charge in [0.25, 0.3) is 5.88 Å². The summed E-state index contributed by atoms with van der Waals surface area (Å²) < 4.78 is 4.66. The maximum atomic E-state index is 10.6. The number of carbonyl (C=O) groups excluding carboxylic acids is 1. The summed E-state index contributed by atoms with van der Waals surface area (Å²) in [5, 5.41) is 9.34. The predicted octanol–water partition coefficient (Wildman–Crippen LogP) is 1.06. The maximum absolute atomic E-state index is 10.6. The van der Waals surface area contributed by atoms with Crippen LogP contribution in [0.15, 0.2) is 6.20 Å². The van der Waals surface area contributed by atoms with Gasteiger partial charge in [0.05, 0.1) is 6.20 Å². The highest BCUT2D eigenvalue weighted by atomic mass is 16.5. The zero-order chi connectivity index (χ0) is 10.6. The van der Waals surface area contributed by atoms with E-state index in [4.69, 9.17) is 0 Å². The van der Waals surface area contributed by atoms with Gasteiger partial charge in [0.15, 0.2) is 0 Å². The number of hydrogen-bond acceptors (Lipinski definition) is 5. The van der Waals surface area contributed by atoms with E-state index in [9.17, 15) is 9.90 Å². The summed E-state index contributed by atoms with van der Waals surface area (Å²) in [6.45, 7) is 3.24. The standard InChI is InChI=1S/C9H12N2O3/c1-3-4-8-10-5-7(9(13)11-8)14-6(2)12/h5H,3-4H2,1-2H3,(H,10,11,13). The normalized spacial score (nSPS) is 9.86. The maximum Gasteiger partial charge on any atom is 0.308 e. The third kappa shape index (κ3) is 2.69. The summed E-state index contributed by atoms with van der Waals surface area (Å²) in [6, 6.07) is 0. The molecule has 0 atom stereocenters. The Balaban J connectivity index is 2.84.